The molecule has 0 bridgehead atoms. The van der Waals surface area contributed by atoms with Crippen molar-refractivity contribution in [3.05, 3.63) is 24.3 Å². The fourth-order valence-electron chi connectivity index (χ4n) is 3.13. The maximum Gasteiger partial charge on any atom is 0.242 e. The molecule has 0 aliphatic carbocycles. The third-order valence-electron chi connectivity index (χ3n) is 4.37. The lowest BCUT2D eigenvalue weighted by Gasteiger charge is -2.29. The molecule has 2 amide bonds. The van der Waals surface area contributed by atoms with Gasteiger partial charge in [-0.3, -0.25) is 14.5 Å². The highest BCUT2D eigenvalue weighted by Gasteiger charge is 2.25. The Balaban J connectivity index is 1.45. The van der Waals surface area contributed by atoms with Crippen molar-refractivity contribution in [3.8, 4) is 11.5 Å². The van der Waals surface area contributed by atoms with Gasteiger partial charge in [-0.1, -0.05) is 12.1 Å². The zero-order valence-corrected chi connectivity index (χ0v) is 14.5. The molecule has 1 fully saturated rings. The first kappa shape index (κ1) is 17.5. The number of rotatable bonds is 5. The summed E-state index contributed by atoms with van der Waals surface area (Å²) in [7, 11) is 1.86. The van der Waals surface area contributed by atoms with Gasteiger partial charge in [0.25, 0.3) is 0 Å². The van der Waals surface area contributed by atoms with E-state index in [1.165, 1.54) is 0 Å². The van der Waals surface area contributed by atoms with Gasteiger partial charge in [0, 0.05) is 13.1 Å². The van der Waals surface area contributed by atoms with E-state index in [1.807, 2.05) is 36.2 Å². The molecule has 2 aliphatic rings. The molecule has 7 heteroatoms. The van der Waals surface area contributed by atoms with Crippen LogP contribution in [0, 0.1) is 0 Å². The summed E-state index contributed by atoms with van der Waals surface area (Å²) in [6.45, 7) is 1.92. The summed E-state index contributed by atoms with van der Waals surface area (Å²) >= 11 is 0. The third kappa shape index (κ3) is 4.85. The van der Waals surface area contributed by atoms with Gasteiger partial charge >= 0.3 is 0 Å². The van der Waals surface area contributed by atoms with Crippen LogP contribution in [-0.2, 0) is 9.59 Å². The van der Waals surface area contributed by atoms with E-state index in [0.29, 0.717) is 26.1 Å². The Kier molecular flexibility index (Phi) is 5.75. The minimum absolute atomic E-state index is 0.0888. The van der Waals surface area contributed by atoms with Gasteiger partial charge in [-0.2, -0.15) is 0 Å². The molecule has 0 spiro atoms. The average Bonchev–Trinajstić information content (AvgIpc) is 2.79. The Morgan fingerprint density at radius 2 is 2.12 bits per heavy atom. The zero-order valence-electron chi connectivity index (χ0n) is 14.5. The van der Waals surface area contributed by atoms with Gasteiger partial charge in [-0.05, 0) is 38.4 Å². The van der Waals surface area contributed by atoms with Crippen LogP contribution >= 0.6 is 0 Å². The van der Waals surface area contributed by atoms with Gasteiger partial charge in [0.15, 0.2) is 11.5 Å². The maximum atomic E-state index is 12.2. The van der Waals surface area contributed by atoms with Gasteiger partial charge in [-0.25, -0.2) is 0 Å². The Labute approximate surface area is 147 Å². The number of para-hydroxylation sites is 2. The number of likely N-dealkylation sites (N-methyl/N-ethyl adjacent to an activating group) is 1. The van der Waals surface area contributed by atoms with Crippen LogP contribution in [0.1, 0.15) is 19.3 Å². The van der Waals surface area contributed by atoms with Crippen molar-refractivity contribution in [2.24, 2.45) is 0 Å². The van der Waals surface area contributed by atoms with Crippen LogP contribution in [0.15, 0.2) is 24.3 Å². The van der Waals surface area contributed by atoms with E-state index in [1.54, 1.807) is 0 Å². The summed E-state index contributed by atoms with van der Waals surface area (Å²) in [4.78, 5) is 26.0. The first-order valence-corrected chi connectivity index (χ1v) is 8.76. The summed E-state index contributed by atoms with van der Waals surface area (Å²) in [6.07, 6.45) is 2.45. The van der Waals surface area contributed by atoms with E-state index in [-0.39, 0.29) is 24.5 Å². The van der Waals surface area contributed by atoms with Crippen LogP contribution in [-0.4, -0.2) is 62.1 Å². The van der Waals surface area contributed by atoms with Crippen molar-refractivity contribution in [2.75, 3.05) is 33.3 Å². The van der Waals surface area contributed by atoms with Crippen LogP contribution in [0.25, 0.3) is 0 Å². The second-order valence-corrected chi connectivity index (χ2v) is 6.60. The van der Waals surface area contributed by atoms with Gasteiger partial charge in [0.2, 0.25) is 11.8 Å². The van der Waals surface area contributed by atoms with E-state index in [0.717, 1.165) is 24.3 Å². The second-order valence-electron chi connectivity index (χ2n) is 6.60. The number of hydrogen-bond donors (Lipinski definition) is 2. The van der Waals surface area contributed by atoms with E-state index >= 15 is 0 Å². The summed E-state index contributed by atoms with van der Waals surface area (Å²) in [5.41, 5.74) is 0. The minimum atomic E-state index is -0.426. The SMILES string of the molecule is CN(CC(=O)N[C@H]1CCCCNC1=O)C[C@H]1COc2ccccc2O1. The molecule has 0 unspecified atom stereocenters. The largest absolute Gasteiger partial charge is 0.486 e. The summed E-state index contributed by atoms with van der Waals surface area (Å²) in [5.74, 6) is 1.24. The molecule has 2 aliphatic heterocycles. The molecule has 2 N–H and O–H groups in total. The lowest BCUT2D eigenvalue weighted by atomic mass is 10.1. The zero-order chi connectivity index (χ0) is 17.6. The molecule has 0 saturated carbocycles. The highest BCUT2D eigenvalue weighted by Crippen LogP contribution is 2.30. The van der Waals surface area contributed by atoms with Crippen molar-refractivity contribution >= 4 is 11.8 Å². The lowest BCUT2D eigenvalue weighted by molar-refractivity contribution is -0.129. The van der Waals surface area contributed by atoms with E-state index in [4.69, 9.17) is 9.47 Å². The predicted octanol–water partition coefficient (Wildman–Crippen LogP) is 0.543. The first-order valence-electron chi connectivity index (χ1n) is 8.76. The predicted molar refractivity (Wildman–Crippen MR) is 92.6 cm³/mol. The smallest absolute Gasteiger partial charge is 0.242 e. The third-order valence-corrected chi connectivity index (χ3v) is 4.37. The number of carbonyl (C=O) groups excluding carboxylic acids is 2. The Hall–Kier alpha value is -2.28. The number of carbonyl (C=O) groups is 2. The topological polar surface area (TPSA) is 79.9 Å². The molecular weight excluding hydrogens is 322 g/mol. The summed E-state index contributed by atoms with van der Waals surface area (Å²) < 4.78 is 11.6. The highest BCUT2D eigenvalue weighted by atomic mass is 16.6. The van der Waals surface area contributed by atoms with Gasteiger partial charge in [0.05, 0.1) is 6.54 Å². The monoisotopic (exact) mass is 347 g/mol. The van der Waals surface area contributed by atoms with E-state index < -0.39 is 6.04 Å². The molecule has 0 radical (unpaired) electrons. The van der Waals surface area contributed by atoms with E-state index in [9.17, 15) is 9.59 Å². The quantitative estimate of drug-likeness (QED) is 0.813. The molecule has 1 aromatic carbocycles. The number of nitrogens with one attached hydrogen (secondary N) is 2. The van der Waals surface area contributed by atoms with Crippen molar-refractivity contribution in [2.45, 2.75) is 31.4 Å². The average molecular weight is 347 g/mol. The fraction of sp³-hybridized carbons (Fsp3) is 0.556. The molecule has 2 atom stereocenters. The Bertz CT molecular complexity index is 622. The van der Waals surface area contributed by atoms with Gasteiger partial charge < -0.3 is 20.1 Å². The van der Waals surface area contributed by atoms with Crippen LogP contribution in [0.3, 0.4) is 0 Å². The lowest BCUT2D eigenvalue weighted by Crippen LogP contribution is -2.49. The minimum Gasteiger partial charge on any atom is -0.486 e. The van der Waals surface area contributed by atoms with Crippen LogP contribution in [0.2, 0.25) is 0 Å². The molecule has 136 valence electrons. The maximum absolute atomic E-state index is 12.2. The molecule has 3 rings (SSSR count). The summed E-state index contributed by atoms with van der Waals surface area (Å²) in [5, 5.41) is 5.65. The molecule has 7 nitrogen and oxygen atoms in total. The van der Waals surface area contributed by atoms with Crippen LogP contribution in [0.5, 0.6) is 11.5 Å². The van der Waals surface area contributed by atoms with Crippen LogP contribution < -0.4 is 20.1 Å². The number of amides is 2. The molecule has 2 heterocycles. The number of benzene rings is 1. The number of nitrogens with zero attached hydrogens (tertiary/aromatic N) is 1. The Morgan fingerprint density at radius 1 is 1.32 bits per heavy atom. The number of hydrogen-bond acceptors (Lipinski definition) is 5. The standard InChI is InChI=1S/C18H25N3O4/c1-21(10-13-12-24-15-7-2-3-8-16(15)25-13)11-17(22)20-14-6-4-5-9-19-18(14)23/h2-3,7-8,13-14H,4-6,9-12H2,1H3,(H,19,23)(H,20,22)/t13-,14-/m0/s1. The number of fused-ring (bicyclic) bond motifs is 1. The van der Waals surface area contributed by atoms with Gasteiger partial charge in [-0.15, -0.1) is 0 Å². The fourth-order valence-corrected chi connectivity index (χ4v) is 3.13. The van der Waals surface area contributed by atoms with Crippen molar-refractivity contribution in [1.82, 2.24) is 15.5 Å². The van der Waals surface area contributed by atoms with Gasteiger partial charge in [0.1, 0.15) is 18.8 Å². The van der Waals surface area contributed by atoms with E-state index in [2.05, 4.69) is 10.6 Å². The van der Waals surface area contributed by atoms with Crippen molar-refractivity contribution in [1.29, 1.82) is 0 Å². The van der Waals surface area contributed by atoms with Crippen molar-refractivity contribution in [3.63, 3.8) is 0 Å². The second kappa shape index (κ2) is 8.20. The molecule has 25 heavy (non-hydrogen) atoms. The Morgan fingerprint density at radius 3 is 2.96 bits per heavy atom. The highest BCUT2D eigenvalue weighted by molar-refractivity contribution is 5.88. The first-order chi connectivity index (χ1) is 12.1. The molecule has 1 aromatic rings. The van der Waals surface area contributed by atoms with Crippen LogP contribution in [0.4, 0.5) is 0 Å². The van der Waals surface area contributed by atoms with Crippen molar-refractivity contribution < 1.29 is 19.1 Å². The molecule has 1 saturated heterocycles. The summed E-state index contributed by atoms with van der Waals surface area (Å²) in [6, 6.07) is 7.13. The molecular formula is C18H25N3O4. The molecule has 0 aromatic heterocycles. The number of ether oxygens (including phenoxy) is 2. The normalized spacial score (nSPS) is 22.9.